The molecule has 1 saturated carbocycles. The molecule has 1 saturated heterocycles. The molecule has 1 aliphatic carbocycles. The van der Waals surface area contributed by atoms with Gasteiger partial charge in [-0.25, -0.2) is 0 Å². The van der Waals surface area contributed by atoms with Gasteiger partial charge in [-0.3, -0.25) is 9.78 Å². The summed E-state index contributed by atoms with van der Waals surface area (Å²) in [5, 5.41) is 3.31. The Morgan fingerprint density at radius 3 is 2.78 bits per heavy atom. The normalized spacial score (nSPS) is 25.9. The summed E-state index contributed by atoms with van der Waals surface area (Å²) in [6.45, 7) is 3.65. The van der Waals surface area contributed by atoms with Gasteiger partial charge in [-0.05, 0) is 56.3 Å². The third-order valence-corrected chi connectivity index (χ3v) is 5.28. The summed E-state index contributed by atoms with van der Waals surface area (Å²) in [5.74, 6) is 0.772. The Hall–Kier alpha value is -1.42. The number of piperidine rings is 1. The molecular formula is C19H29N3O. The number of rotatable bonds is 5. The summed E-state index contributed by atoms with van der Waals surface area (Å²) in [5.41, 5.74) is 0.994. The van der Waals surface area contributed by atoms with E-state index in [0.29, 0.717) is 18.4 Å². The number of nitrogens with zero attached hydrogens (tertiary/aromatic N) is 2. The highest BCUT2D eigenvalue weighted by molar-refractivity contribution is 5.78. The minimum Gasteiger partial charge on any atom is -0.353 e. The van der Waals surface area contributed by atoms with E-state index in [-0.39, 0.29) is 5.91 Å². The molecule has 126 valence electrons. The fraction of sp³-hybridized carbons (Fsp3) is 0.684. The van der Waals surface area contributed by atoms with Gasteiger partial charge in [-0.15, -0.1) is 0 Å². The molecular weight excluding hydrogens is 286 g/mol. The molecule has 2 aliphatic rings. The van der Waals surface area contributed by atoms with Crippen molar-refractivity contribution >= 4 is 5.91 Å². The van der Waals surface area contributed by atoms with Crippen LogP contribution in [-0.4, -0.2) is 41.5 Å². The lowest BCUT2D eigenvalue weighted by atomic mass is 9.83. The fourth-order valence-corrected chi connectivity index (χ4v) is 4.04. The van der Waals surface area contributed by atoms with Gasteiger partial charge in [0.1, 0.15) is 0 Å². The maximum absolute atomic E-state index is 12.4. The second kappa shape index (κ2) is 8.44. The summed E-state index contributed by atoms with van der Waals surface area (Å²) in [4.78, 5) is 19.1. The molecule has 2 unspecified atom stereocenters. The van der Waals surface area contributed by atoms with E-state index in [4.69, 9.17) is 0 Å². The van der Waals surface area contributed by atoms with Crippen LogP contribution in [0, 0.1) is 5.92 Å². The van der Waals surface area contributed by atoms with Gasteiger partial charge in [0.25, 0.3) is 0 Å². The van der Waals surface area contributed by atoms with E-state index in [1.54, 1.807) is 12.4 Å². The van der Waals surface area contributed by atoms with Crippen molar-refractivity contribution in [2.75, 3.05) is 19.6 Å². The molecule has 4 nitrogen and oxygen atoms in total. The third kappa shape index (κ3) is 5.03. The van der Waals surface area contributed by atoms with Gasteiger partial charge in [0.05, 0.1) is 6.42 Å². The number of amides is 1. The molecule has 0 radical (unpaired) electrons. The molecule has 3 rings (SSSR count). The molecule has 2 fully saturated rings. The Morgan fingerprint density at radius 1 is 1.17 bits per heavy atom. The Morgan fingerprint density at radius 2 is 2.00 bits per heavy atom. The molecule has 1 amide bonds. The Kier molecular flexibility index (Phi) is 6.03. The summed E-state index contributed by atoms with van der Waals surface area (Å²) in [6, 6.07) is 4.22. The van der Waals surface area contributed by atoms with Gasteiger partial charge in [0.2, 0.25) is 5.91 Å². The van der Waals surface area contributed by atoms with Crippen LogP contribution in [0.1, 0.15) is 50.5 Å². The van der Waals surface area contributed by atoms with Crippen LogP contribution in [0.3, 0.4) is 0 Å². The number of pyridine rings is 1. The standard InChI is InChI=1S/C19H29N3O/c23-19(13-16-7-6-10-20-14-16)21-18-9-3-2-8-17(18)15-22-11-4-1-5-12-22/h6-7,10,14,17-18H,1-5,8-9,11-13,15H2,(H,21,23). The van der Waals surface area contributed by atoms with Crippen molar-refractivity contribution in [3.63, 3.8) is 0 Å². The summed E-state index contributed by atoms with van der Waals surface area (Å²) in [7, 11) is 0. The Bertz CT molecular complexity index is 485. The van der Waals surface area contributed by atoms with E-state index < -0.39 is 0 Å². The highest BCUT2D eigenvalue weighted by atomic mass is 16.1. The van der Waals surface area contributed by atoms with Gasteiger partial charge in [0, 0.05) is 25.0 Å². The number of nitrogens with one attached hydrogen (secondary N) is 1. The first-order valence-electron chi connectivity index (χ1n) is 9.22. The minimum absolute atomic E-state index is 0.147. The van der Waals surface area contributed by atoms with Gasteiger partial charge in [-0.1, -0.05) is 25.3 Å². The SMILES string of the molecule is O=C(Cc1cccnc1)NC1CCCCC1CN1CCCCC1. The number of hydrogen-bond acceptors (Lipinski definition) is 3. The number of hydrogen-bond donors (Lipinski definition) is 1. The molecule has 0 bridgehead atoms. The highest BCUT2D eigenvalue weighted by Gasteiger charge is 2.28. The van der Waals surface area contributed by atoms with E-state index in [1.165, 1.54) is 51.6 Å². The lowest BCUT2D eigenvalue weighted by Gasteiger charge is -2.37. The molecule has 2 atom stereocenters. The average Bonchev–Trinajstić information content (AvgIpc) is 2.58. The zero-order chi connectivity index (χ0) is 15.9. The lowest BCUT2D eigenvalue weighted by molar-refractivity contribution is -0.121. The van der Waals surface area contributed by atoms with Crippen molar-refractivity contribution in [3.05, 3.63) is 30.1 Å². The van der Waals surface area contributed by atoms with Crippen molar-refractivity contribution in [1.29, 1.82) is 0 Å². The molecule has 1 N–H and O–H groups in total. The van der Waals surface area contributed by atoms with Crippen LogP contribution in [0.4, 0.5) is 0 Å². The average molecular weight is 315 g/mol. The van der Waals surface area contributed by atoms with E-state index >= 15 is 0 Å². The summed E-state index contributed by atoms with van der Waals surface area (Å²) in [6.07, 6.45) is 13.0. The first kappa shape index (κ1) is 16.4. The van der Waals surface area contributed by atoms with Crippen LogP contribution in [0.25, 0.3) is 0 Å². The zero-order valence-corrected chi connectivity index (χ0v) is 14.0. The van der Waals surface area contributed by atoms with E-state index in [2.05, 4.69) is 15.2 Å². The van der Waals surface area contributed by atoms with Crippen molar-refractivity contribution in [2.24, 2.45) is 5.92 Å². The third-order valence-electron chi connectivity index (χ3n) is 5.28. The number of likely N-dealkylation sites (tertiary alicyclic amines) is 1. The molecule has 1 aromatic rings. The maximum atomic E-state index is 12.4. The summed E-state index contributed by atoms with van der Waals surface area (Å²) >= 11 is 0. The van der Waals surface area contributed by atoms with Gasteiger partial charge in [0.15, 0.2) is 0 Å². The van der Waals surface area contributed by atoms with Gasteiger partial charge >= 0.3 is 0 Å². The topological polar surface area (TPSA) is 45.2 Å². The van der Waals surface area contributed by atoms with E-state index in [1.807, 2.05) is 12.1 Å². The van der Waals surface area contributed by atoms with E-state index in [0.717, 1.165) is 18.5 Å². The maximum Gasteiger partial charge on any atom is 0.224 e. The molecule has 4 heteroatoms. The van der Waals surface area contributed by atoms with Gasteiger partial charge < -0.3 is 10.2 Å². The van der Waals surface area contributed by atoms with Crippen LogP contribution in [0.2, 0.25) is 0 Å². The number of carbonyl (C=O) groups is 1. The zero-order valence-electron chi connectivity index (χ0n) is 14.0. The molecule has 1 aromatic heterocycles. The molecule has 2 heterocycles. The predicted molar refractivity (Wildman–Crippen MR) is 92.1 cm³/mol. The number of aromatic nitrogens is 1. The quantitative estimate of drug-likeness (QED) is 0.909. The minimum atomic E-state index is 0.147. The largest absolute Gasteiger partial charge is 0.353 e. The monoisotopic (exact) mass is 315 g/mol. The van der Waals surface area contributed by atoms with Crippen LogP contribution in [0.15, 0.2) is 24.5 Å². The second-order valence-electron chi connectivity index (χ2n) is 7.12. The van der Waals surface area contributed by atoms with Gasteiger partial charge in [-0.2, -0.15) is 0 Å². The predicted octanol–water partition coefficient (Wildman–Crippen LogP) is 2.79. The van der Waals surface area contributed by atoms with Crippen LogP contribution >= 0.6 is 0 Å². The Balaban J connectivity index is 1.52. The van der Waals surface area contributed by atoms with Crippen molar-refractivity contribution in [2.45, 2.75) is 57.4 Å². The molecule has 0 aromatic carbocycles. The van der Waals surface area contributed by atoms with Crippen LogP contribution < -0.4 is 5.32 Å². The molecule has 23 heavy (non-hydrogen) atoms. The first-order valence-corrected chi connectivity index (χ1v) is 9.22. The fourth-order valence-electron chi connectivity index (χ4n) is 4.04. The van der Waals surface area contributed by atoms with Crippen molar-refractivity contribution < 1.29 is 4.79 Å². The van der Waals surface area contributed by atoms with Crippen molar-refractivity contribution in [3.8, 4) is 0 Å². The number of carbonyl (C=O) groups excluding carboxylic acids is 1. The van der Waals surface area contributed by atoms with Crippen molar-refractivity contribution in [1.82, 2.24) is 15.2 Å². The molecule has 0 spiro atoms. The van der Waals surface area contributed by atoms with Crippen LogP contribution in [0.5, 0.6) is 0 Å². The molecule has 1 aliphatic heterocycles. The van der Waals surface area contributed by atoms with E-state index in [9.17, 15) is 4.79 Å². The second-order valence-corrected chi connectivity index (χ2v) is 7.12. The Labute approximate surface area is 139 Å². The lowest BCUT2D eigenvalue weighted by Crippen LogP contribution is -2.47. The van der Waals surface area contributed by atoms with Crippen LogP contribution in [-0.2, 0) is 11.2 Å². The summed E-state index contributed by atoms with van der Waals surface area (Å²) < 4.78 is 0. The smallest absolute Gasteiger partial charge is 0.224 e. The highest BCUT2D eigenvalue weighted by Crippen LogP contribution is 2.26. The first-order chi connectivity index (χ1) is 11.3.